The van der Waals surface area contributed by atoms with Gasteiger partial charge in [-0.25, -0.2) is 0 Å². The van der Waals surface area contributed by atoms with Crippen LogP contribution in [0.5, 0.6) is 5.75 Å². The first kappa shape index (κ1) is 16.0. The van der Waals surface area contributed by atoms with E-state index in [1.807, 2.05) is 24.3 Å². The number of nitrogens with two attached hydrogens (primary N) is 1. The lowest BCUT2D eigenvalue weighted by Crippen LogP contribution is -2.28. The lowest BCUT2D eigenvalue weighted by atomic mass is 10.1. The van der Waals surface area contributed by atoms with Gasteiger partial charge in [0.05, 0.1) is 13.5 Å². The molecule has 0 aliphatic carbocycles. The normalized spacial score (nSPS) is 11.7. The van der Waals surface area contributed by atoms with Crippen LogP contribution in [0.15, 0.2) is 24.3 Å². The molecule has 2 amide bonds. The average molecular weight is 277 g/mol. The average Bonchev–Trinajstić information content (AvgIpc) is 2.45. The summed E-state index contributed by atoms with van der Waals surface area (Å²) in [5.41, 5.74) is 6.17. The van der Waals surface area contributed by atoms with Crippen LogP contribution in [0.25, 0.3) is 0 Å². The predicted octanol–water partition coefficient (Wildman–Crippen LogP) is 1.07. The molecule has 5 nitrogen and oxygen atoms in total. The number of carbonyl (C=O) groups is 2. The van der Waals surface area contributed by atoms with Gasteiger partial charge in [0, 0.05) is 12.5 Å². The monoisotopic (exact) mass is 277 g/mol. The van der Waals surface area contributed by atoms with Crippen molar-refractivity contribution >= 4 is 11.8 Å². The smallest absolute Gasteiger partial charge is 0.223 e. The fourth-order valence-electron chi connectivity index (χ4n) is 1.70. The van der Waals surface area contributed by atoms with Crippen LogP contribution in [0.4, 0.5) is 0 Å². The molecule has 0 aliphatic heterocycles. The lowest BCUT2D eigenvalue weighted by Gasteiger charge is -2.10. The number of ether oxygens (including phenoxy) is 1. The number of methoxy groups -OCH3 is 1. The van der Waals surface area contributed by atoms with Crippen molar-refractivity contribution in [1.82, 2.24) is 5.32 Å². The molecule has 1 aromatic carbocycles. The Kier molecular flexibility index (Phi) is 6.56. The summed E-state index contributed by atoms with van der Waals surface area (Å²) in [4.78, 5) is 22.4. The van der Waals surface area contributed by atoms with Gasteiger partial charge in [0.2, 0.25) is 11.8 Å². The van der Waals surface area contributed by atoms with Crippen molar-refractivity contribution in [3.8, 4) is 5.75 Å². The Morgan fingerprint density at radius 3 is 2.75 bits per heavy atom. The Morgan fingerprint density at radius 1 is 1.40 bits per heavy atom. The van der Waals surface area contributed by atoms with Gasteiger partial charge in [-0.2, -0.15) is 0 Å². The Balaban J connectivity index is 2.30. The molecule has 0 unspecified atom stereocenters. The Bertz CT molecular complexity index is 460. The Morgan fingerprint density at radius 2 is 2.10 bits per heavy atom. The van der Waals surface area contributed by atoms with Gasteiger partial charge in [-0.15, -0.1) is 0 Å². The molecule has 20 heavy (non-hydrogen) atoms. The van der Waals surface area contributed by atoms with Crippen molar-refractivity contribution in [1.29, 1.82) is 0 Å². The summed E-state index contributed by atoms with van der Waals surface area (Å²) in [6.07, 6.45) is 2.50. The number of primary amides is 1. The minimum absolute atomic E-state index is 0.187. The van der Waals surface area contributed by atoms with Crippen molar-refractivity contribution < 1.29 is 14.3 Å². The van der Waals surface area contributed by atoms with E-state index in [9.17, 15) is 9.59 Å². The highest BCUT2D eigenvalue weighted by atomic mass is 16.5. The van der Waals surface area contributed by atoms with E-state index in [-0.39, 0.29) is 11.8 Å². The van der Waals surface area contributed by atoms with Gasteiger partial charge >= 0.3 is 0 Å². The molecule has 109 valence electrons. The summed E-state index contributed by atoms with van der Waals surface area (Å²) in [6, 6.07) is 7.68. The Labute approximate surface area is 119 Å². The minimum atomic E-state index is -0.400. The van der Waals surface area contributed by atoms with Crippen molar-refractivity contribution in [3.05, 3.63) is 36.2 Å². The molecule has 0 saturated heterocycles. The van der Waals surface area contributed by atoms with E-state index in [4.69, 9.17) is 10.5 Å². The molecule has 0 aromatic heterocycles. The summed E-state index contributed by atoms with van der Waals surface area (Å²) in [5.74, 6) is -0.0980. The molecule has 5 heteroatoms. The molecule has 3 N–H and O–H groups in total. The first-order valence-electron chi connectivity index (χ1n) is 6.56. The second-order valence-corrected chi connectivity index (χ2v) is 4.60. The lowest BCUT2D eigenvalue weighted by molar-refractivity contribution is -0.121. The number of rotatable bonds is 8. The second-order valence-electron chi connectivity index (χ2n) is 4.60. The van der Waals surface area contributed by atoms with Crippen molar-refractivity contribution in [2.45, 2.75) is 19.8 Å². The van der Waals surface area contributed by atoms with Gasteiger partial charge in [-0.3, -0.25) is 9.59 Å². The molecular weight excluding hydrogens is 256 g/mol. The van der Waals surface area contributed by atoms with E-state index >= 15 is 0 Å². The highest BCUT2D eigenvalue weighted by Crippen LogP contribution is 2.17. The van der Waals surface area contributed by atoms with Crippen LogP contribution in [-0.4, -0.2) is 25.5 Å². The maximum absolute atomic E-state index is 11.6. The molecule has 0 heterocycles. The van der Waals surface area contributed by atoms with Gasteiger partial charge in [0.1, 0.15) is 5.75 Å². The van der Waals surface area contributed by atoms with Gasteiger partial charge in [0.25, 0.3) is 0 Å². The minimum Gasteiger partial charge on any atom is -0.496 e. The summed E-state index contributed by atoms with van der Waals surface area (Å²) in [6.45, 7) is 2.21. The summed E-state index contributed by atoms with van der Waals surface area (Å²) < 4.78 is 5.24. The maximum Gasteiger partial charge on any atom is 0.223 e. The number of para-hydroxylation sites is 1. The molecule has 0 fully saturated rings. The zero-order valence-corrected chi connectivity index (χ0v) is 11.9. The van der Waals surface area contributed by atoms with E-state index in [0.29, 0.717) is 19.4 Å². The highest BCUT2D eigenvalue weighted by Gasteiger charge is 2.11. The van der Waals surface area contributed by atoms with E-state index in [1.165, 1.54) is 6.42 Å². The van der Waals surface area contributed by atoms with E-state index in [0.717, 1.165) is 11.3 Å². The van der Waals surface area contributed by atoms with Crippen molar-refractivity contribution in [3.63, 3.8) is 0 Å². The second kappa shape index (κ2) is 8.19. The summed E-state index contributed by atoms with van der Waals surface area (Å²) >= 11 is 0. The molecule has 1 atom stereocenters. The fourth-order valence-corrected chi connectivity index (χ4v) is 1.70. The predicted molar refractivity (Wildman–Crippen MR) is 77.0 cm³/mol. The standard InChI is InChI=1S/C15H21N2O3/c1-11(15(16)19)7-8-14(18)17-10-9-12-5-3-4-6-13(12)20-2/h3-6,8,11H,7,9-10H2,1-2H3,(H2,16,19)(H,17,18)/t11-/m0/s1. The SMILES string of the molecule is COc1ccccc1CCNC(=O)[CH]C[C@H](C)C(N)=O. The van der Waals surface area contributed by atoms with Crippen LogP contribution in [0, 0.1) is 12.3 Å². The van der Waals surface area contributed by atoms with Gasteiger partial charge < -0.3 is 15.8 Å². The number of carbonyl (C=O) groups excluding carboxylic acids is 2. The van der Waals surface area contributed by atoms with Crippen LogP contribution in [0.2, 0.25) is 0 Å². The Hall–Kier alpha value is -2.04. The van der Waals surface area contributed by atoms with E-state index < -0.39 is 5.91 Å². The number of hydrogen-bond acceptors (Lipinski definition) is 3. The molecule has 0 aliphatic rings. The highest BCUT2D eigenvalue weighted by molar-refractivity contribution is 5.85. The largest absolute Gasteiger partial charge is 0.496 e. The third-order valence-corrected chi connectivity index (χ3v) is 3.03. The van der Waals surface area contributed by atoms with Gasteiger partial charge in [-0.1, -0.05) is 25.1 Å². The van der Waals surface area contributed by atoms with Crippen LogP contribution in [-0.2, 0) is 16.0 Å². The van der Waals surface area contributed by atoms with Crippen molar-refractivity contribution in [2.75, 3.05) is 13.7 Å². The molecule has 1 radical (unpaired) electrons. The summed E-state index contributed by atoms with van der Waals surface area (Å²) in [5, 5.41) is 2.77. The van der Waals surface area contributed by atoms with Crippen LogP contribution in [0.1, 0.15) is 18.9 Å². The molecular formula is C15H21N2O3. The van der Waals surface area contributed by atoms with Crippen molar-refractivity contribution in [2.24, 2.45) is 11.7 Å². The molecule has 1 aromatic rings. The van der Waals surface area contributed by atoms with Gasteiger partial charge in [0.15, 0.2) is 0 Å². The van der Waals surface area contributed by atoms with Gasteiger partial charge in [-0.05, 0) is 24.5 Å². The number of nitrogens with one attached hydrogen (secondary N) is 1. The fraction of sp³-hybridized carbons (Fsp3) is 0.400. The van der Waals surface area contributed by atoms with Crippen LogP contribution < -0.4 is 15.8 Å². The number of benzene rings is 1. The van der Waals surface area contributed by atoms with Crippen LogP contribution in [0.3, 0.4) is 0 Å². The number of amides is 2. The van der Waals surface area contributed by atoms with E-state index in [2.05, 4.69) is 5.32 Å². The third kappa shape index (κ3) is 5.30. The first-order chi connectivity index (χ1) is 9.54. The van der Waals surface area contributed by atoms with E-state index in [1.54, 1.807) is 14.0 Å². The zero-order chi connectivity index (χ0) is 15.0. The summed E-state index contributed by atoms with van der Waals surface area (Å²) in [7, 11) is 1.62. The topological polar surface area (TPSA) is 81.4 Å². The zero-order valence-electron chi connectivity index (χ0n) is 11.9. The quantitative estimate of drug-likeness (QED) is 0.745. The molecule has 0 saturated carbocycles. The third-order valence-electron chi connectivity index (χ3n) is 3.03. The molecule has 0 spiro atoms. The number of hydrogen-bond donors (Lipinski definition) is 2. The molecule has 0 bridgehead atoms. The maximum atomic E-state index is 11.6. The molecule has 1 rings (SSSR count). The first-order valence-corrected chi connectivity index (χ1v) is 6.56. The van der Waals surface area contributed by atoms with Crippen LogP contribution >= 0.6 is 0 Å².